The summed E-state index contributed by atoms with van der Waals surface area (Å²) in [6, 6.07) is 1.84. The first-order valence-electron chi connectivity index (χ1n) is 6.14. The van der Waals surface area contributed by atoms with E-state index in [1.54, 1.807) is 0 Å². The van der Waals surface area contributed by atoms with E-state index in [-0.39, 0.29) is 0 Å². The first-order valence-corrected chi connectivity index (χ1v) is 7.36. The Kier molecular flexibility index (Phi) is 5.68. The van der Waals surface area contributed by atoms with Crippen LogP contribution in [0.1, 0.15) is 26.7 Å². The fourth-order valence-electron chi connectivity index (χ4n) is 1.49. The summed E-state index contributed by atoms with van der Waals surface area (Å²) in [5.74, 6) is 1.51. The number of aliphatic hydroxyl groups is 1. The highest BCUT2D eigenvalue weighted by molar-refractivity contribution is 7.98. The summed E-state index contributed by atoms with van der Waals surface area (Å²) in [4.78, 5) is 8.65. The molecule has 1 aromatic rings. The number of anilines is 2. The Morgan fingerprint density at radius 2 is 1.89 bits per heavy atom. The van der Waals surface area contributed by atoms with Crippen LogP contribution in [0.4, 0.5) is 11.6 Å². The highest BCUT2D eigenvalue weighted by atomic mass is 32.2. The lowest BCUT2D eigenvalue weighted by molar-refractivity contribution is 0.0456. The number of nitrogens with zero attached hydrogens (tertiary/aromatic N) is 2. The molecule has 0 atom stereocenters. The van der Waals surface area contributed by atoms with Crippen LogP contribution in [-0.2, 0) is 0 Å². The molecule has 0 saturated carbocycles. The van der Waals surface area contributed by atoms with Crippen LogP contribution in [-0.4, -0.2) is 40.5 Å². The van der Waals surface area contributed by atoms with Crippen molar-refractivity contribution in [1.29, 1.82) is 0 Å². The lowest BCUT2D eigenvalue weighted by Crippen LogP contribution is -2.35. The number of rotatable bonds is 7. The van der Waals surface area contributed by atoms with E-state index in [9.17, 15) is 5.11 Å². The summed E-state index contributed by atoms with van der Waals surface area (Å²) in [5.41, 5.74) is -0.676. The zero-order valence-electron chi connectivity index (χ0n) is 11.4. The van der Waals surface area contributed by atoms with Gasteiger partial charge in [-0.05, 0) is 19.1 Å². The minimum atomic E-state index is -0.676. The van der Waals surface area contributed by atoms with Crippen LogP contribution >= 0.6 is 11.8 Å². The molecule has 0 spiro atoms. The maximum absolute atomic E-state index is 10.2. The molecular formula is C12H22N4OS. The summed E-state index contributed by atoms with van der Waals surface area (Å²) in [6.07, 6.45) is 3.37. The average molecular weight is 270 g/mol. The third-order valence-electron chi connectivity index (χ3n) is 3.06. The third-order valence-corrected chi connectivity index (χ3v) is 3.61. The van der Waals surface area contributed by atoms with Gasteiger partial charge in [0, 0.05) is 19.7 Å². The highest BCUT2D eigenvalue weighted by Gasteiger charge is 2.21. The number of hydrogen-bond donors (Lipinski definition) is 3. The molecule has 1 aromatic heterocycles. The standard InChI is InChI=1S/C12H22N4OS/c1-5-12(17,6-2)8-14-10-7-9(13-3)15-11(16-10)18-4/h7,17H,5-6,8H2,1-4H3,(H2,13,14,15,16). The van der Waals surface area contributed by atoms with Gasteiger partial charge in [0.2, 0.25) is 0 Å². The maximum atomic E-state index is 10.2. The monoisotopic (exact) mass is 270 g/mol. The molecule has 0 saturated heterocycles. The second-order valence-corrected chi connectivity index (χ2v) is 4.93. The molecule has 5 nitrogen and oxygen atoms in total. The summed E-state index contributed by atoms with van der Waals surface area (Å²) < 4.78 is 0. The maximum Gasteiger partial charge on any atom is 0.191 e. The van der Waals surface area contributed by atoms with Crippen LogP contribution in [0.25, 0.3) is 0 Å². The van der Waals surface area contributed by atoms with Gasteiger partial charge in [0.05, 0.1) is 5.60 Å². The lowest BCUT2D eigenvalue weighted by atomic mass is 9.98. The first-order chi connectivity index (χ1) is 8.56. The zero-order valence-corrected chi connectivity index (χ0v) is 12.3. The molecule has 3 N–H and O–H groups in total. The predicted molar refractivity (Wildman–Crippen MR) is 77.4 cm³/mol. The van der Waals surface area contributed by atoms with Gasteiger partial charge in [-0.3, -0.25) is 0 Å². The number of hydrogen-bond acceptors (Lipinski definition) is 6. The van der Waals surface area contributed by atoms with Gasteiger partial charge in [-0.2, -0.15) is 0 Å². The number of aromatic nitrogens is 2. The normalized spacial score (nSPS) is 11.4. The van der Waals surface area contributed by atoms with Crippen molar-refractivity contribution in [3.8, 4) is 0 Å². The molecule has 1 rings (SSSR count). The quantitative estimate of drug-likeness (QED) is 0.521. The molecule has 0 fully saturated rings. The Balaban J connectivity index is 2.78. The Bertz CT molecular complexity index is 360. The predicted octanol–water partition coefficient (Wildman–Crippen LogP) is 2.20. The molecule has 0 aliphatic heterocycles. The first kappa shape index (κ1) is 15.0. The molecule has 0 aliphatic carbocycles. The van der Waals surface area contributed by atoms with Crippen molar-refractivity contribution >= 4 is 23.4 Å². The van der Waals surface area contributed by atoms with Gasteiger partial charge in [0.1, 0.15) is 11.6 Å². The minimum Gasteiger partial charge on any atom is -0.388 e. The van der Waals surface area contributed by atoms with Gasteiger partial charge in [0.15, 0.2) is 5.16 Å². The van der Waals surface area contributed by atoms with Crippen molar-refractivity contribution in [2.45, 2.75) is 37.4 Å². The van der Waals surface area contributed by atoms with Crippen molar-refractivity contribution in [2.24, 2.45) is 0 Å². The number of nitrogens with one attached hydrogen (secondary N) is 2. The van der Waals surface area contributed by atoms with Crippen molar-refractivity contribution in [1.82, 2.24) is 9.97 Å². The topological polar surface area (TPSA) is 70.1 Å². The van der Waals surface area contributed by atoms with Crippen LogP contribution < -0.4 is 10.6 Å². The fraction of sp³-hybridized carbons (Fsp3) is 0.667. The molecule has 0 radical (unpaired) electrons. The van der Waals surface area contributed by atoms with Gasteiger partial charge in [-0.25, -0.2) is 9.97 Å². The van der Waals surface area contributed by atoms with Crippen LogP contribution in [0.2, 0.25) is 0 Å². The van der Waals surface area contributed by atoms with Gasteiger partial charge in [-0.1, -0.05) is 25.6 Å². The van der Waals surface area contributed by atoms with Crippen molar-refractivity contribution in [2.75, 3.05) is 30.5 Å². The molecular weight excluding hydrogens is 248 g/mol. The Hall–Kier alpha value is -1.01. The Morgan fingerprint density at radius 1 is 1.28 bits per heavy atom. The van der Waals surface area contributed by atoms with Crippen molar-refractivity contribution in [3.63, 3.8) is 0 Å². The zero-order chi connectivity index (χ0) is 13.6. The van der Waals surface area contributed by atoms with E-state index in [4.69, 9.17) is 0 Å². The number of thioether (sulfide) groups is 1. The van der Waals surface area contributed by atoms with E-state index < -0.39 is 5.60 Å². The van der Waals surface area contributed by atoms with E-state index in [1.807, 2.05) is 33.2 Å². The van der Waals surface area contributed by atoms with E-state index in [0.717, 1.165) is 24.5 Å². The second-order valence-electron chi connectivity index (χ2n) is 4.16. The van der Waals surface area contributed by atoms with Gasteiger partial charge in [-0.15, -0.1) is 0 Å². The van der Waals surface area contributed by atoms with Crippen LogP contribution in [0.15, 0.2) is 11.2 Å². The molecule has 0 bridgehead atoms. The van der Waals surface area contributed by atoms with Crippen LogP contribution in [0.5, 0.6) is 0 Å². The summed E-state index contributed by atoms with van der Waals surface area (Å²) in [6.45, 7) is 4.46. The minimum absolute atomic E-state index is 0.494. The van der Waals surface area contributed by atoms with E-state index >= 15 is 0 Å². The Labute approximate surface area is 113 Å². The highest BCUT2D eigenvalue weighted by Crippen LogP contribution is 2.19. The van der Waals surface area contributed by atoms with Crippen LogP contribution in [0.3, 0.4) is 0 Å². The molecule has 0 unspecified atom stereocenters. The lowest BCUT2D eigenvalue weighted by Gasteiger charge is -2.25. The smallest absolute Gasteiger partial charge is 0.191 e. The van der Waals surface area contributed by atoms with Gasteiger partial charge >= 0.3 is 0 Å². The second kappa shape index (κ2) is 6.80. The van der Waals surface area contributed by atoms with Gasteiger partial charge < -0.3 is 15.7 Å². The fourth-order valence-corrected chi connectivity index (χ4v) is 1.87. The SMILES string of the molecule is CCC(O)(CC)CNc1cc(NC)nc(SC)n1. The summed E-state index contributed by atoms with van der Waals surface area (Å²) in [5, 5.41) is 17.1. The molecule has 102 valence electrons. The van der Waals surface area contributed by atoms with Gasteiger partial charge in [0.25, 0.3) is 0 Å². The molecule has 0 aliphatic rings. The Morgan fingerprint density at radius 3 is 2.39 bits per heavy atom. The van der Waals surface area contributed by atoms with Crippen LogP contribution in [0, 0.1) is 0 Å². The summed E-state index contributed by atoms with van der Waals surface area (Å²) in [7, 11) is 1.82. The van der Waals surface area contributed by atoms with E-state index in [1.165, 1.54) is 11.8 Å². The van der Waals surface area contributed by atoms with E-state index in [0.29, 0.717) is 11.7 Å². The molecule has 1 heterocycles. The molecule has 0 aromatic carbocycles. The average Bonchev–Trinajstić information content (AvgIpc) is 2.44. The van der Waals surface area contributed by atoms with E-state index in [2.05, 4.69) is 20.6 Å². The van der Waals surface area contributed by atoms with Crippen molar-refractivity contribution in [3.05, 3.63) is 6.07 Å². The third kappa shape index (κ3) is 4.03. The van der Waals surface area contributed by atoms with Crippen molar-refractivity contribution < 1.29 is 5.11 Å². The summed E-state index contributed by atoms with van der Waals surface area (Å²) >= 11 is 1.49. The largest absolute Gasteiger partial charge is 0.388 e. The molecule has 0 amide bonds. The molecule has 6 heteroatoms. The molecule has 18 heavy (non-hydrogen) atoms.